The van der Waals surface area contributed by atoms with E-state index in [1.54, 1.807) is 0 Å². The summed E-state index contributed by atoms with van der Waals surface area (Å²) in [7, 11) is 0. The fourth-order valence-electron chi connectivity index (χ4n) is 1.05. The van der Waals surface area contributed by atoms with E-state index in [-0.39, 0.29) is 10.0 Å². The summed E-state index contributed by atoms with van der Waals surface area (Å²) in [5, 5.41) is 27.9. The van der Waals surface area contributed by atoms with Crippen LogP contribution in [-0.2, 0) is 0 Å². The molecule has 2 N–H and O–H groups in total. The second-order valence-corrected chi connectivity index (χ2v) is 3.57. The second-order valence-electron chi connectivity index (χ2n) is 2.72. The highest BCUT2D eigenvalue weighted by molar-refractivity contribution is 9.10. The fourth-order valence-corrected chi connectivity index (χ4v) is 1.56. The van der Waals surface area contributed by atoms with Gasteiger partial charge in [-0.3, -0.25) is 10.1 Å². The van der Waals surface area contributed by atoms with Crippen LogP contribution in [0.25, 0.3) is 0 Å². The Bertz CT molecular complexity index is 498. The number of nitro groups is 1. The molecular weight excluding hydrogens is 286 g/mol. The first-order chi connectivity index (χ1) is 7.34. The first-order valence-electron chi connectivity index (χ1n) is 3.79. The van der Waals surface area contributed by atoms with Gasteiger partial charge in [0, 0.05) is 10.5 Å². The molecular formula is C8H4BrNO6. The smallest absolute Gasteiger partial charge is 0.342 e. The molecule has 0 amide bonds. The number of carboxylic acids is 2. The lowest BCUT2D eigenvalue weighted by molar-refractivity contribution is -0.385. The van der Waals surface area contributed by atoms with Crippen molar-refractivity contribution in [2.45, 2.75) is 0 Å². The zero-order valence-electron chi connectivity index (χ0n) is 7.51. The number of hydrogen-bond acceptors (Lipinski definition) is 4. The maximum atomic E-state index is 10.7. The van der Waals surface area contributed by atoms with Crippen LogP contribution in [0.4, 0.5) is 5.69 Å². The van der Waals surface area contributed by atoms with Gasteiger partial charge in [-0.1, -0.05) is 0 Å². The van der Waals surface area contributed by atoms with Crippen LogP contribution < -0.4 is 0 Å². The predicted molar refractivity (Wildman–Crippen MR) is 54.7 cm³/mol. The van der Waals surface area contributed by atoms with Crippen molar-refractivity contribution in [3.63, 3.8) is 0 Å². The molecule has 0 radical (unpaired) electrons. The molecule has 0 saturated carbocycles. The van der Waals surface area contributed by atoms with Crippen LogP contribution in [0.15, 0.2) is 16.6 Å². The number of nitrogens with zero attached hydrogens (tertiary/aromatic N) is 1. The molecule has 0 aliphatic heterocycles. The van der Waals surface area contributed by atoms with Gasteiger partial charge < -0.3 is 10.2 Å². The van der Waals surface area contributed by atoms with Crippen LogP contribution >= 0.6 is 15.9 Å². The van der Waals surface area contributed by atoms with Crippen molar-refractivity contribution in [3.05, 3.63) is 37.8 Å². The molecule has 0 fully saturated rings. The topological polar surface area (TPSA) is 118 Å². The number of halogens is 1. The number of hydrogen-bond donors (Lipinski definition) is 2. The average molecular weight is 290 g/mol. The van der Waals surface area contributed by atoms with Gasteiger partial charge in [-0.05, 0) is 22.0 Å². The highest BCUT2D eigenvalue weighted by Gasteiger charge is 2.24. The molecule has 0 atom stereocenters. The number of carboxylic acid groups (broad SMARTS) is 2. The molecule has 8 heteroatoms. The minimum Gasteiger partial charge on any atom is -0.478 e. The number of benzene rings is 1. The molecule has 0 aliphatic carbocycles. The Hall–Kier alpha value is -1.96. The fraction of sp³-hybridized carbons (Fsp3) is 0. The molecule has 0 heterocycles. The van der Waals surface area contributed by atoms with Gasteiger partial charge in [-0.25, -0.2) is 9.59 Å². The lowest BCUT2D eigenvalue weighted by Gasteiger charge is -2.02. The third kappa shape index (κ3) is 2.16. The Morgan fingerprint density at radius 2 is 1.69 bits per heavy atom. The van der Waals surface area contributed by atoms with Crippen molar-refractivity contribution in [1.29, 1.82) is 0 Å². The largest absolute Gasteiger partial charge is 0.478 e. The third-order valence-electron chi connectivity index (χ3n) is 1.74. The standard InChI is InChI=1S/C8H4BrNO6/c9-5-1-4(8(13)14)6(10(15)16)2-3(5)7(11)12/h1-2H,(H,11,12)(H,13,14). The van der Waals surface area contributed by atoms with E-state index in [1.165, 1.54) is 0 Å². The average Bonchev–Trinajstić information content (AvgIpc) is 2.15. The quantitative estimate of drug-likeness (QED) is 0.646. The molecule has 84 valence electrons. The van der Waals surface area contributed by atoms with Crippen molar-refractivity contribution < 1.29 is 24.7 Å². The van der Waals surface area contributed by atoms with Crippen molar-refractivity contribution in [1.82, 2.24) is 0 Å². The zero-order valence-corrected chi connectivity index (χ0v) is 9.09. The van der Waals surface area contributed by atoms with E-state index in [9.17, 15) is 19.7 Å². The summed E-state index contributed by atoms with van der Waals surface area (Å²) in [5.74, 6) is -2.88. The Kier molecular flexibility index (Phi) is 3.23. The molecule has 0 aromatic heterocycles. The van der Waals surface area contributed by atoms with Gasteiger partial charge in [0.05, 0.1) is 10.5 Å². The molecule has 1 aromatic carbocycles. The van der Waals surface area contributed by atoms with Gasteiger partial charge in [0.2, 0.25) is 0 Å². The summed E-state index contributed by atoms with van der Waals surface area (Å²) in [6.07, 6.45) is 0. The lowest BCUT2D eigenvalue weighted by Crippen LogP contribution is -2.06. The third-order valence-corrected chi connectivity index (χ3v) is 2.40. The van der Waals surface area contributed by atoms with Crippen LogP contribution in [0.3, 0.4) is 0 Å². The highest BCUT2D eigenvalue weighted by atomic mass is 79.9. The second kappa shape index (κ2) is 4.27. The highest BCUT2D eigenvalue weighted by Crippen LogP contribution is 2.27. The van der Waals surface area contributed by atoms with Crippen molar-refractivity contribution in [3.8, 4) is 0 Å². The Balaban J connectivity index is 3.55. The Labute approximate surface area is 96.6 Å². The van der Waals surface area contributed by atoms with Gasteiger partial charge in [-0.15, -0.1) is 0 Å². The monoisotopic (exact) mass is 289 g/mol. The molecule has 1 aromatic rings. The van der Waals surface area contributed by atoms with Crippen molar-refractivity contribution in [2.24, 2.45) is 0 Å². The summed E-state index contributed by atoms with van der Waals surface area (Å²) < 4.78 is -0.0250. The number of nitro benzene ring substituents is 1. The van der Waals surface area contributed by atoms with Crippen molar-refractivity contribution in [2.75, 3.05) is 0 Å². The van der Waals surface area contributed by atoms with E-state index >= 15 is 0 Å². The van der Waals surface area contributed by atoms with Gasteiger partial charge in [0.15, 0.2) is 0 Å². The first-order valence-corrected chi connectivity index (χ1v) is 4.58. The van der Waals surface area contributed by atoms with E-state index in [4.69, 9.17) is 10.2 Å². The summed E-state index contributed by atoms with van der Waals surface area (Å²) in [6, 6.07) is 1.60. The minimum atomic E-state index is -1.50. The van der Waals surface area contributed by atoms with Crippen LogP contribution in [0.1, 0.15) is 20.7 Å². The molecule has 1 rings (SSSR count). The minimum absolute atomic E-state index is 0.0250. The van der Waals surface area contributed by atoms with Gasteiger partial charge in [-0.2, -0.15) is 0 Å². The maximum Gasteiger partial charge on any atom is 0.342 e. The van der Waals surface area contributed by atoms with E-state index in [0.717, 1.165) is 6.07 Å². The molecule has 0 unspecified atom stereocenters. The molecule has 0 bridgehead atoms. The number of carbonyl (C=O) groups is 2. The lowest BCUT2D eigenvalue weighted by atomic mass is 10.1. The summed E-state index contributed by atoms with van der Waals surface area (Å²) >= 11 is 2.83. The predicted octanol–water partition coefficient (Wildman–Crippen LogP) is 1.75. The number of aromatic carboxylic acids is 2. The molecule has 7 nitrogen and oxygen atoms in total. The normalized spacial score (nSPS) is 9.81. The zero-order chi connectivity index (χ0) is 12.5. The SMILES string of the molecule is O=C(O)c1cc([N+](=O)[O-])c(C(=O)O)cc1Br. The summed E-state index contributed by atoms with van der Waals surface area (Å²) in [5.41, 5.74) is -1.69. The first kappa shape index (κ1) is 12.1. The van der Waals surface area contributed by atoms with Crippen molar-refractivity contribution >= 4 is 33.6 Å². The molecule has 0 saturated heterocycles. The van der Waals surface area contributed by atoms with Gasteiger partial charge in [0.25, 0.3) is 5.69 Å². The van der Waals surface area contributed by atoms with Crippen LogP contribution in [0.5, 0.6) is 0 Å². The summed E-state index contributed by atoms with van der Waals surface area (Å²) in [4.78, 5) is 31.0. The maximum absolute atomic E-state index is 10.7. The van der Waals surface area contributed by atoms with E-state index < -0.39 is 28.1 Å². The molecule has 16 heavy (non-hydrogen) atoms. The van der Waals surface area contributed by atoms with Gasteiger partial charge >= 0.3 is 11.9 Å². The van der Waals surface area contributed by atoms with Crippen LogP contribution in [-0.4, -0.2) is 27.1 Å². The Morgan fingerprint density at radius 1 is 1.19 bits per heavy atom. The Morgan fingerprint density at radius 3 is 2.06 bits per heavy atom. The van der Waals surface area contributed by atoms with Crippen LogP contribution in [0.2, 0.25) is 0 Å². The van der Waals surface area contributed by atoms with Crippen LogP contribution in [0, 0.1) is 10.1 Å². The molecule has 0 aliphatic rings. The molecule has 0 spiro atoms. The van der Waals surface area contributed by atoms with Gasteiger partial charge in [0.1, 0.15) is 5.56 Å². The van der Waals surface area contributed by atoms with E-state index in [2.05, 4.69) is 15.9 Å². The van der Waals surface area contributed by atoms with E-state index in [0.29, 0.717) is 6.07 Å². The summed E-state index contributed by atoms with van der Waals surface area (Å²) in [6.45, 7) is 0. The number of rotatable bonds is 3. The van der Waals surface area contributed by atoms with E-state index in [1.807, 2.05) is 0 Å².